The Kier molecular flexibility index (Phi) is 5.11. The summed E-state index contributed by atoms with van der Waals surface area (Å²) in [6, 6.07) is 13.8. The van der Waals surface area contributed by atoms with Crippen LogP contribution in [-0.4, -0.2) is 18.5 Å². The van der Waals surface area contributed by atoms with Gasteiger partial charge in [0.25, 0.3) is 5.91 Å². The second kappa shape index (κ2) is 7.04. The van der Waals surface area contributed by atoms with E-state index >= 15 is 0 Å². The number of hydrogen-bond donors (Lipinski definition) is 1. The highest BCUT2D eigenvalue weighted by atomic mass is 79.9. The Bertz CT molecular complexity index is 670. The van der Waals surface area contributed by atoms with Crippen LogP contribution in [0.1, 0.15) is 27.6 Å². The molecule has 108 valence electrons. The number of rotatable bonds is 4. The van der Waals surface area contributed by atoms with Crippen LogP contribution in [0.5, 0.6) is 0 Å². The number of benzene rings is 2. The van der Waals surface area contributed by atoms with Gasteiger partial charge in [-0.15, -0.1) is 0 Å². The number of nitrogens with one attached hydrogen (secondary N) is 1. The number of esters is 1. The minimum Gasteiger partial charge on any atom is -0.462 e. The zero-order chi connectivity index (χ0) is 15.2. The van der Waals surface area contributed by atoms with Crippen molar-refractivity contribution in [3.05, 3.63) is 64.1 Å². The number of carbonyl (C=O) groups is 2. The molecule has 0 aliphatic rings. The molecule has 5 heteroatoms. The number of hydrogen-bond acceptors (Lipinski definition) is 3. The Hall–Kier alpha value is -2.14. The summed E-state index contributed by atoms with van der Waals surface area (Å²) in [6.07, 6.45) is 0. The fourth-order valence-corrected chi connectivity index (χ4v) is 2.28. The number of carbonyl (C=O) groups excluding carboxylic acids is 2. The van der Waals surface area contributed by atoms with Gasteiger partial charge in [-0.1, -0.05) is 24.3 Å². The maximum atomic E-state index is 12.3. The predicted octanol–water partition coefficient (Wildman–Crippen LogP) is 3.88. The largest absolute Gasteiger partial charge is 0.462 e. The van der Waals surface area contributed by atoms with Crippen molar-refractivity contribution in [1.82, 2.24) is 0 Å². The lowest BCUT2D eigenvalue weighted by Crippen LogP contribution is -2.16. The molecule has 1 N–H and O–H groups in total. The van der Waals surface area contributed by atoms with Crippen molar-refractivity contribution in [1.29, 1.82) is 0 Å². The molecule has 0 aliphatic heterocycles. The summed E-state index contributed by atoms with van der Waals surface area (Å²) >= 11 is 3.33. The number of halogens is 1. The highest BCUT2D eigenvalue weighted by Crippen LogP contribution is 2.20. The van der Waals surface area contributed by atoms with Gasteiger partial charge in [-0.3, -0.25) is 4.79 Å². The van der Waals surface area contributed by atoms with Gasteiger partial charge in [0.1, 0.15) is 0 Å². The maximum Gasteiger partial charge on any atom is 0.340 e. The Morgan fingerprint density at radius 1 is 1.05 bits per heavy atom. The first-order valence-corrected chi connectivity index (χ1v) is 7.24. The number of para-hydroxylation sites is 1. The molecule has 0 aromatic heterocycles. The molecule has 0 radical (unpaired) electrons. The third-order valence-electron chi connectivity index (χ3n) is 2.79. The fourth-order valence-electron chi connectivity index (χ4n) is 1.81. The average molecular weight is 348 g/mol. The van der Waals surface area contributed by atoms with Crippen LogP contribution < -0.4 is 5.32 Å². The molecule has 2 rings (SSSR count). The van der Waals surface area contributed by atoms with E-state index in [9.17, 15) is 9.59 Å². The third-order valence-corrected chi connectivity index (χ3v) is 3.48. The summed E-state index contributed by atoms with van der Waals surface area (Å²) in [5, 5.41) is 2.74. The lowest BCUT2D eigenvalue weighted by Gasteiger charge is -2.11. The minimum atomic E-state index is -0.458. The van der Waals surface area contributed by atoms with E-state index in [1.165, 1.54) is 0 Å². The smallest absolute Gasteiger partial charge is 0.340 e. The molecule has 0 spiro atoms. The lowest BCUT2D eigenvalue weighted by molar-refractivity contribution is 0.0527. The summed E-state index contributed by atoms with van der Waals surface area (Å²) in [5.41, 5.74) is 1.26. The first-order chi connectivity index (χ1) is 10.1. The normalized spacial score (nSPS) is 10.0. The van der Waals surface area contributed by atoms with E-state index in [1.54, 1.807) is 49.4 Å². The van der Waals surface area contributed by atoms with Crippen LogP contribution in [0.15, 0.2) is 53.0 Å². The van der Waals surface area contributed by atoms with E-state index in [4.69, 9.17) is 4.74 Å². The van der Waals surface area contributed by atoms with Gasteiger partial charge >= 0.3 is 5.97 Å². The Balaban J connectivity index is 2.26. The highest BCUT2D eigenvalue weighted by molar-refractivity contribution is 9.10. The number of amides is 1. The van der Waals surface area contributed by atoms with Crippen molar-refractivity contribution in [2.75, 3.05) is 11.9 Å². The summed E-state index contributed by atoms with van der Waals surface area (Å²) in [6.45, 7) is 2.02. The van der Waals surface area contributed by atoms with Gasteiger partial charge in [-0.05, 0) is 47.1 Å². The van der Waals surface area contributed by atoms with Crippen molar-refractivity contribution in [3.63, 3.8) is 0 Å². The van der Waals surface area contributed by atoms with E-state index in [1.807, 2.05) is 6.07 Å². The van der Waals surface area contributed by atoms with Gasteiger partial charge in [0.15, 0.2) is 0 Å². The van der Waals surface area contributed by atoms with Gasteiger partial charge < -0.3 is 10.1 Å². The monoisotopic (exact) mass is 347 g/mol. The van der Waals surface area contributed by atoms with Crippen molar-refractivity contribution in [2.45, 2.75) is 6.92 Å². The molecule has 1 amide bonds. The van der Waals surface area contributed by atoms with E-state index < -0.39 is 5.97 Å². The molecule has 2 aromatic rings. The molecule has 0 heterocycles. The van der Waals surface area contributed by atoms with Crippen LogP contribution in [-0.2, 0) is 4.74 Å². The van der Waals surface area contributed by atoms with Crippen molar-refractivity contribution in [3.8, 4) is 0 Å². The third kappa shape index (κ3) is 3.70. The number of anilines is 1. The topological polar surface area (TPSA) is 55.4 Å². The SMILES string of the molecule is CCOC(=O)c1ccccc1NC(=O)c1ccccc1Br. The predicted molar refractivity (Wildman–Crippen MR) is 84.5 cm³/mol. The molecule has 0 unspecified atom stereocenters. The molecule has 0 aliphatic carbocycles. The fraction of sp³-hybridized carbons (Fsp3) is 0.125. The molecule has 0 fully saturated rings. The van der Waals surface area contributed by atoms with Crippen LogP contribution in [0.25, 0.3) is 0 Å². The second-order valence-corrected chi connectivity index (χ2v) is 5.05. The summed E-state index contributed by atoms with van der Waals surface area (Å²) in [4.78, 5) is 24.1. The van der Waals surface area contributed by atoms with Gasteiger partial charge in [0, 0.05) is 4.47 Å². The molecule has 0 bridgehead atoms. The quantitative estimate of drug-likeness (QED) is 0.854. The van der Waals surface area contributed by atoms with Gasteiger partial charge in [-0.25, -0.2) is 4.79 Å². The van der Waals surface area contributed by atoms with Crippen molar-refractivity contribution < 1.29 is 14.3 Å². The van der Waals surface area contributed by atoms with Gasteiger partial charge in [0.2, 0.25) is 0 Å². The number of ether oxygens (including phenoxy) is 1. The molecule has 4 nitrogen and oxygen atoms in total. The van der Waals surface area contributed by atoms with E-state index in [0.717, 1.165) is 0 Å². The lowest BCUT2D eigenvalue weighted by atomic mass is 10.1. The average Bonchev–Trinajstić information content (AvgIpc) is 2.48. The zero-order valence-electron chi connectivity index (χ0n) is 11.4. The van der Waals surface area contributed by atoms with Crippen LogP contribution in [0.2, 0.25) is 0 Å². The standard InChI is InChI=1S/C16H14BrNO3/c1-2-21-16(20)12-8-4-6-10-14(12)18-15(19)11-7-3-5-9-13(11)17/h3-10H,2H2,1H3,(H,18,19). The molecular formula is C16H14BrNO3. The summed E-state index contributed by atoms with van der Waals surface area (Å²) < 4.78 is 5.67. The Morgan fingerprint density at radius 2 is 1.67 bits per heavy atom. The first-order valence-electron chi connectivity index (χ1n) is 6.45. The molecule has 0 saturated heterocycles. The minimum absolute atomic E-state index is 0.283. The summed E-state index contributed by atoms with van der Waals surface area (Å²) in [5.74, 6) is -0.750. The van der Waals surface area contributed by atoms with Crippen LogP contribution in [0.4, 0.5) is 5.69 Å². The Morgan fingerprint density at radius 3 is 2.33 bits per heavy atom. The van der Waals surface area contributed by atoms with Crippen LogP contribution >= 0.6 is 15.9 Å². The van der Waals surface area contributed by atoms with Gasteiger partial charge in [0.05, 0.1) is 23.4 Å². The molecule has 0 saturated carbocycles. The van der Waals surface area contributed by atoms with Crippen molar-refractivity contribution >= 4 is 33.5 Å². The second-order valence-electron chi connectivity index (χ2n) is 4.20. The Labute approximate surface area is 131 Å². The highest BCUT2D eigenvalue weighted by Gasteiger charge is 2.15. The first kappa shape index (κ1) is 15.3. The maximum absolute atomic E-state index is 12.3. The molecule has 21 heavy (non-hydrogen) atoms. The molecule has 0 atom stereocenters. The van der Waals surface area contributed by atoms with E-state index in [0.29, 0.717) is 21.3 Å². The molecular weight excluding hydrogens is 334 g/mol. The van der Waals surface area contributed by atoms with Gasteiger partial charge in [-0.2, -0.15) is 0 Å². The molecule has 2 aromatic carbocycles. The summed E-state index contributed by atoms with van der Waals surface area (Å²) in [7, 11) is 0. The van der Waals surface area contributed by atoms with E-state index in [-0.39, 0.29) is 12.5 Å². The van der Waals surface area contributed by atoms with E-state index in [2.05, 4.69) is 21.2 Å². The van der Waals surface area contributed by atoms with Crippen molar-refractivity contribution in [2.24, 2.45) is 0 Å². The van der Waals surface area contributed by atoms with Crippen LogP contribution in [0, 0.1) is 0 Å². The van der Waals surface area contributed by atoms with Crippen LogP contribution in [0.3, 0.4) is 0 Å². The zero-order valence-corrected chi connectivity index (χ0v) is 13.0.